The molecule has 0 spiro atoms. The normalized spacial score (nSPS) is 20.0. The SMILES string of the molecule is C.CC1CCc2cc(Cl)ccc21. The lowest BCUT2D eigenvalue weighted by Gasteiger charge is -2.02. The number of hydrogen-bond donors (Lipinski definition) is 0. The van der Waals surface area contributed by atoms with Gasteiger partial charge in [-0.25, -0.2) is 0 Å². The summed E-state index contributed by atoms with van der Waals surface area (Å²) in [5.41, 5.74) is 2.94. The van der Waals surface area contributed by atoms with E-state index in [1.807, 2.05) is 6.07 Å². The molecule has 1 aromatic carbocycles. The molecule has 0 fully saturated rings. The second-order valence-electron chi connectivity index (χ2n) is 3.28. The van der Waals surface area contributed by atoms with Gasteiger partial charge in [-0.15, -0.1) is 0 Å². The Balaban J connectivity index is 0.000000720. The highest BCUT2D eigenvalue weighted by atomic mass is 35.5. The van der Waals surface area contributed by atoms with Crippen molar-refractivity contribution < 1.29 is 0 Å². The Hall–Kier alpha value is -0.490. The highest BCUT2D eigenvalue weighted by molar-refractivity contribution is 6.30. The molecule has 1 atom stereocenters. The highest BCUT2D eigenvalue weighted by Crippen LogP contribution is 2.33. The number of aryl methyl sites for hydroxylation is 1. The minimum Gasteiger partial charge on any atom is -0.0843 e. The molecule has 0 saturated heterocycles. The summed E-state index contributed by atoms with van der Waals surface area (Å²) in [6, 6.07) is 6.25. The maximum atomic E-state index is 5.87. The Morgan fingerprint density at radius 2 is 2.17 bits per heavy atom. The van der Waals surface area contributed by atoms with Gasteiger partial charge in [-0.3, -0.25) is 0 Å². The van der Waals surface area contributed by atoms with Gasteiger partial charge < -0.3 is 0 Å². The second-order valence-corrected chi connectivity index (χ2v) is 3.72. The molecule has 2 rings (SSSR count). The predicted octanol–water partition coefficient (Wildman–Crippen LogP) is 4.03. The van der Waals surface area contributed by atoms with Crippen molar-refractivity contribution in [1.82, 2.24) is 0 Å². The first-order valence-corrected chi connectivity index (χ1v) is 4.43. The predicted molar refractivity (Wildman–Crippen MR) is 54.9 cm³/mol. The van der Waals surface area contributed by atoms with Gasteiger partial charge in [0.2, 0.25) is 0 Å². The molecule has 1 aliphatic rings. The molecule has 0 N–H and O–H groups in total. The monoisotopic (exact) mass is 182 g/mol. The van der Waals surface area contributed by atoms with Crippen molar-refractivity contribution in [2.45, 2.75) is 33.1 Å². The van der Waals surface area contributed by atoms with Crippen molar-refractivity contribution in [3.05, 3.63) is 34.3 Å². The number of halogens is 1. The van der Waals surface area contributed by atoms with Crippen LogP contribution in [0.5, 0.6) is 0 Å². The van der Waals surface area contributed by atoms with E-state index in [-0.39, 0.29) is 7.43 Å². The summed E-state index contributed by atoms with van der Waals surface area (Å²) in [6.07, 6.45) is 2.49. The molecule has 0 saturated carbocycles. The maximum absolute atomic E-state index is 5.87. The minimum atomic E-state index is 0. The van der Waals surface area contributed by atoms with Crippen LogP contribution in [0, 0.1) is 0 Å². The highest BCUT2D eigenvalue weighted by Gasteiger charge is 2.17. The van der Waals surface area contributed by atoms with Crippen molar-refractivity contribution >= 4 is 11.6 Å². The van der Waals surface area contributed by atoms with Gasteiger partial charge in [-0.2, -0.15) is 0 Å². The third-order valence-corrected chi connectivity index (χ3v) is 2.72. The van der Waals surface area contributed by atoms with Gasteiger partial charge in [-0.1, -0.05) is 32.0 Å². The van der Waals surface area contributed by atoms with Crippen LogP contribution >= 0.6 is 11.6 Å². The number of rotatable bonds is 0. The zero-order valence-corrected chi connectivity index (χ0v) is 7.36. The zero-order chi connectivity index (χ0) is 7.84. The standard InChI is InChI=1S/C10H11Cl.CH4/c1-7-2-3-8-6-9(11)4-5-10(7)8;/h4-7H,2-3H2,1H3;1H4. The van der Waals surface area contributed by atoms with E-state index >= 15 is 0 Å². The van der Waals surface area contributed by atoms with E-state index in [2.05, 4.69) is 19.1 Å². The summed E-state index contributed by atoms with van der Waals surface area (Å²) < 4.78 is 0. The quantitative estimate of drug-likeness (QED) is 0.569. The molecular weight excluding hydrogens is 168 g/mol. The smallest absolute Gasteiger partial charge is 0.0408 e. The molecule has 0 radical (unpaired) electrons. The Kier molecular flexibility index (Phi) is 2.79. The molecule has 0 aromatic heterocycles. The molecular formula is C11H15Cl. The Morgan fingerprint density at radius 3 is 2.92 bits per heavy atom. The van der Waals surface area contributed by atoms with Crippen LogP contribution in [0.1, 0.15) is 37.8 Å². The minimum absolute atomic E-state index is 0. The lowest BCUT2D eigenvalue weighted by molar-refractivity contribution is 0.747. The van der Waals surface area contributed by atoms with Crippen molar-refractivity contribution in [3.63, 3.8) is 0 Å². The number of hydrogen-bond acceptors (Lipinski definition) is 0. The van der Waals surface area contributed by atoms with E-state index in [1.54, 1.807) is 0 Å². The van der Waals surface area contributed by atoms with Crippen LogP contribution in [0.25, 0.3) is 0 Å². The number of fused-ring (bicyclic) bond motifs is 1. The molecule has 0 heterocycles. The van der Waals surface area contributed by atoms with E-state index < -0.39 is 0 Å². The van der Waals surface area contributed by atoms with E-state index in [0.29, 0.717) is 0 Å². The first-order chi connectivity index (χ1) is 5.27. The maximum Gasteiger partial charge on any atom is 0.0408 e. The van der Waals surface area contributed by atoms with Crippen LogP contribution in [-0.4, -0.2) is 0 Å². The van der Waals surface area contributed by atoms with Crippen molar-refractivity contribution in [1.29, 1.82) is 0 Å². The molecule has 0 bridgehead atoms. The molecule has 1 aromatic rings. The molecule has 0 aliphatic heterocycles. The zero-order valence-electron chi connectivity index (χ0n) is 6.60. The Morgan fingerprint density at radius 1 is 1.42 bits per heavy atom. The molecule has 1 unspecified atom stereocenters. The summed E-state index contributed by atoms with van der Waals surface area (Å²) in [6.45, 7) is 2.28. The van der Waals surface area contributed by atoms with E-state index in [9.17, 15) is 0 Å². The molecule has 0 nitrogen and oxygen atoms in total. The van der Waals surface area contributed by atoms with E-state index in [0.717, 1.165) is 10.9 Å². The summed E-state index contributed by atoms with van der Waals surface area (Å²) in [5, 5.41) is 0.873. The van der Waals surface area contributed by atoms with Gasteiger partial charge in [0.25, 0.3) is 0 Å². The van der Waals surface area contributed by atoms with Crippen LogP contribution in [-0.2, 0) is 6.42 Å². The lowest BCUT2D eigenvalue weighted by Crippen LogP contribution is -1.84. The molecule has 1 aliphatic carbocycles. The average molecular weight is 183 g/mol. The van der Waals surface area contributed by atoms with Crippen LogP contribution in [0.2, 0.25) is 5.02 Å². The van der Waals surface area contributed by atoms with E-state index in [1.165, 1.54) is 24.0 Å². The summed E-state index contributed by atoms with van der Waals surface area (Å²) in [7, 11) is 0. The topological polar surface area (TPSA) is 0 Å². The third kappa shape index (κ3) is 1.49. The van der Waals surface area contributed by atoms with Crippen molar-refractivity contribution in [2.75, 3.05) is 0 Å². The van der Waals surface area contributed by atoms with Crippen LogP contribution in [0.15, 0.2) is 18.2 Å². The average Bonchev–Trinajstić information content (AvgIpc) is 2.32. The van der Waals surface area contributed by atoms with Gasteiger partial charge in [0, 0.05) is 5.02 Å². The fourth-order valence-electron chi connectivity index (χ4n) is 1.80. The van der Waals surface area contributed by atoms with Gasteiger partial charge >= 0.3 is 0 Å². The third-order valence-electron chi connectivity index (χ3n) is 2.48. The van der Waals surface area contributed by atoms with Crippen LogP contribution in [0.4, 0.5) is 0 Å². The van der Waals surface area contributed by atoms with Crippen molar-refractivity contribution in [3.8, 4) is 0 Å². The molecule has 66 valence electrons. The van der Waals surface area contributed by atoms with Crippen LogP contribution in [0.3, 0.4) is 0 Å². The summed E-state index contributed by atoms with van der Waals surface area (Å²) >= 11 is 5.87. The fraction of sp³-hybridized carbons (Fsp3) is 0.455. The summed E-state index contributed by atoms with van der Waals surface area (Å²) in [4.78, 5) is 0. The largest absolute Gasteiger partial charge is 0.0843 e. The fourth-order valence-corrected chi connectivity index (χ4v) is 1.99. The molecule has 12 heavy (non-hydrogen) atoms. The van der Waals surface area contributed by atoms with Gasteiger partial charge in [0.1, 0.15) is 0 Å². The summed E-state index contributed by atoms with van der Waals surface area (Å²) in [5.74, 6) is 0.738. The lowest BCUT2D eigenvalue weighted by atomic mass is 10.0. The van der Waals surface area contributed by atoms with Gasteiger partial charge in [-0.05, 0) is 42.0 Å². The Labute approximate surface area is 79.6 Å². The van der Waals surface area contributed by atoms with Gasteiger partial charge in [0.15, 0.2) is 0 Å². The number of benzene rings is 1. The second kappa shape index (κ2) is 3.49. The Bertz CT molecular complexity index is 278. The first kappa shape index (κ1) is 9.60. The molecule has 0 amide bonds. The van der Waals surface area contributed by atoms with E-state index in [4.69, 9.17) is 11.6 Å². The van der Waals surface area contributed by atoms with Crippen LogP contribution < -0.4 is 0 Å². The van der Waals surface area contributed by atoms with Crippen molar-refractivity contribution in [2.24, 2.45) is 0 Å². The molecule has 1 heteroatoms. The van der Waals surface area contributed by atoms with Gasteiger partial charge in [0.05, 0.1) is 0 Å². The first-order valence-electron chi connectivity index (χ1n) is 4.05.